The van der Waals surface area contributed by atoms with Crippen molar-refractivity contribution >= 4 is 0 Å². The second-order valence-electron chi connectivity index (χ2n) is 4.68. The zero-order valence-corrected chi connectivity index (χ0v) is 9.89. The summed E-state index contributed by atoms with van der Waals surface area (Å²) in [6.45, 7) is 2.56. The van der Waals surface area contributed by atoms with E-state index in [2.05, 4.69) is 5.10 Å². The Bertz CT molecular complexity index is 348. The predicted molar refractivity (Wildman–Crippen MR) is 63.0 cm³/mol. The minimum absolute atomic E-state index is 0.141. The van der Waals surface area contributed by atoms with E-state index in [-0.39, 0.29) is 12.1 Å². The van der Waals surface area contributed by atoms with Gasteiger partial charge in [0.2, 0.25) is 0 Å². The van der Waals surface area contributed by atoms with Crippen molar-refractivity contribution in [2.75, 3.05) is 0 Å². The van der Waals surface area contributed by atoms with Crippen molar-refractivity contribution in [3.8, 4) is 0 Å². The zero-order chi connectivity index (χ0) is 11.5. The molecule has 0 bridgehead atoms. The molecule has 90 valence electrons. The summed E-state index contributed by atoms with van der Waals surface area (Å²) in [5.41, 5.74) is 7.83. The molecule has 1 heterocycles. The molecule has 1 aliphatic rings. The van der Waals surface area contributed by atoms with E-state index in [0.717, 1.165) is 30.5 Å². The summed E-state index contributed by atoms with van der Waals surface area (Å²) < 4.78 is 1.97. The van der Waals surface area contributed by atoms with Gasteiger partial charge in [0, 0.05) is 17.8 Å². The second kappa shape index (κ2) is 4.97. The number of aliphatic hydroxyl groups is 1. The van der Waals surface area contributed by atoms with Crippen molar-refractivity contribution < 1.29 is 5.11 Å². The number of aliphatic hydroxyl groups excluding tert-OH is 1. The summed E-state index contributed by atoms with van der Waals surface area (Å²) in [6, 6.07) is 0.141. The van der Waals surface area contributed by atoms with Crippen LogP contribution in [-0.2, 0) is 6.54 Å². The van der Waals surface area contributed by atoms with Gasteiger partial charge < -0.3 is 10.8 Å². The van der Waals surface area contributed by atoms with Crippen molar-refractivity contribution in [2.45, 2.75) is 57.7 Å². The Morgan fingerprint density at radius 2 is 2.19 bits per heavy atom. The topological polar surface area (TPSA) is 64.1 Å². The number of hydrogen-bond donors (Lipinski definition) is 2. The molecular weight excluding hydrogens is 202 g/mol. The molecule has 4 nitrogen and oxygen atoms in total. The van der Waals surface area contributed by atoms with Gasteiger partial charge in [0.1, 0.15) is 0 Å². The van der Waals surface area contributed by atoms with E-state index in [0.29, 0.717) is 6.54 Å². The van der Waals surface area contributed by atoms with Crippen molar-refractivity contribution in [3.63, 3.8) is 0 Å². The van der Waals surface area contributed by atoms with Crippen LogP contribution < -0.4 is 5.73 Å². The highest BCUT2D eigenvalue weighted by Gasteiger charge is 2.25. The summed E-state index contributed by atoms with van der Waals surface area (Å²) in [5.74, 6) is 0. The fourth-order valence-electron chi connectivity index (χ4n) is 2.55. The first-order valence-corrected chi connectivity index (χ1v) is 6.15. The zero-order valence-electron chi connectivity index (χ0n) is 9.89. The van der Waals surface area contributed by atoms with Gasteiger partial charge in [-0.05, 0) is 19.8 Å². The van der Waals surface area contributed by atoms with Crippen molar-refractivity contribution in [1.29, 1.82) is 0 Å². The molecule has 0 aliphatic heterocycles. The molecule has 1 aromatic heterocycles. The SMILES string of the molecule is Cc1c(CN)cnn1C1CCCCCC1O. The van der Waals surface area contributed by atoms with Crippen LogP contribution in [0.5, 0.6) is 0 Å². The second-order valence-corrected chi connectivity index (χ2v) is 4.68. The molecule has 2 unspecified atom stereocenters. The lowest BCUT2D eigenvalue weighted by Crippen LogP contribution is -2.25. The van der Waals surface area contributed by atoms with Crippen LogP contribution in [0.2, 0.25) is 0 Å². The molecule has 2 rings (SSSR count). The molecule has 0 spiro atoms. The van der Waals surface area contributed by atoms with E-state index in [4.69, 9.17) is 5.73 Å². The molecule has 0 aromatic carbocycles. The molecule has 0 saturated heterocycles. The summed E-state index contributed by atoms with van der Waals surface area (Å²) in [6.07, 6.45) is 7.01. The molecule has 1 fully saturated rings. The molecule has 3 N–H and O–H groups in total. The monoisotopic (exact) mass is 223 g/mol. The average molecular weight is 223 g/mol. The lowest BCUT2D eigenvalue weighted by Gasteiger charge is -2.22. The number of aromatic nitrogens is 2. The van der Waals surface area contributed by atoms with E-state index < -0.39 is 0 Å². The minimum Gasteiger partial charge on any atom is -0.391 e. The Morgan fingerprint density at radius 1 is 1.44 bits per heavy atom. The third kappa shape index (κ3) is 2.13. The van der Waals surface area contributed by atoms with Gasteiger partial charge in [0.05, 0.1) is 18.3 Å². The summed E-state index contributed by atoms with van der Waals surface area (Å²) >= 11 is 0. The van der Waals surface area contributed by atoms with Gasteiger partial charge >= 0.3 is 0 Å². The molecule has 1 aliphatic carbocycles. The van der Waals surface area contributed by atoms with E-state index in [1.54, 1.807) is 0 Å². The van der Waals surface area contributed by atoms with E-state index >= 15 is 0 Å². The standard InChI is InChI=1S/C12H21N3O/c1-9-10(7-13)8-14-15(9)11-5-3-2-4-6-12(11)16/h8,11-12,16H,2-7,13H2,1H3. The first-order valence-electron chi connectivity index (χ1n) is 6.15. The highest BCUT2D eigenvalue weighted by atomic mass is 16.3. The molecule has 4 heteroatoms. The maximum absolute atomic E-state index is 10.1. The summed E-state index contributed by atoms with van der Waals surface area (Å²) in [7, 11) is 0. The highest BCUT2D eigenvalue weighted by molar-refractivity contribution is 5.16. The van der Waals surface area contributed by atoms with Crippen LogP contribution in [0.4, 0.5) is 0 Å². The molecule has 2 atom stereocenters. The van der Waals surface area contributed by atoms with Gasteiger partial charge in [0.15, 0.2) is 0 Å². The first kappa shape index (κ1) is 11.6. The van der Waals surface area contributed by atoms with Crippen LogP contribution in [0.25, 0.3) is 0 Å². The molecule has 1 saturated carbocycles. The van der Waals surface area contributed by atoms with Gasteiger partial charge in [-0.2, -0.15) is 5.10 Å². The third-order valence-corrected chi connectivity index (χ3v) is 3.62. The molecule has 16 heavy (non-hydrogen) atoms. The lowest BCUT2D eigenvalue weighted by atomic mass is 10.1. The molecule has 0 radical (unpaired) electrons. The maximum Gasteiger partial charge on any atom is 0.0781 e. The summed E-state index contributed by atoms with van der Waals surface area (Å²) in [4.78, 5) is 0. The maximum atomic E-state index is 10.1. The first-order chi connectivity index (χ1) is 7.74. The van der Waals surface area contributed by atoms with Gasteiger partial charge in [-0.3, -0.25) is 4.68 Å². The van der Waals surface area contributed by atoms with Crippen molar-refractivity contribution in [2.24, 2.45) is 5.73 Å². The Hall–Kier alpha value is -0.870. The van der Waals surface area contributed by atoms with Gasteiger partial charge in [-0.1, -0.05) is 19.3 Å². The van der Waals surface area contributed by atoms with E-state index in [1.165, 1.54) is 12.8 Å². The van der Waals surface area contributed by atoms with E-state index in [1.807, 2.05) is 17.8 Å². The molecular formula is C12H21N3O. The van der Waals surface area contributed by atoms with Crippen molar-refractivity contribution in [3.05, 3.63) is 17.5 Å². The Balaban J connectivity index is 2.23. The molecule has 1 aromatic rings. The van der Waals surface area contributed by atoms with Crippen LogP contribution in [0.15, 0.2) is 6.20 Å². The van der Waals surface area contributed by atoms with Crippen LogP contribution >= 0.6 is 0 Å². The fourth-order valence-corrected chi connectivity index (χ4v) is 2.55. The average Bonchev–Trinajstić information content (AvgIpc) is 2.50. The van der Waals surface area contributed by atoms with Gasteiger partial charge in [-0.15, -0.1) is 0 Å². The Labute approximate surface area is 96.5 Å². The van der Waals surface area contributed by atoms with Gasteiger partial charge in [0.25, 0.3) is 0 Å². The number of hydrogen-bond acceptors (Lipinski definition) is 3. The number of rotatable bonds is 2. The Kier molecular flexibility index (Phi) is 3.61. The predicted octanol–water partition coefficient (Wildman–Crippen LogP) is 1.52. The fraction of sp³-hybridized carbons (Fsp3) is 0.750. The highest BCUT2D eigenvalue weighted by Crippen LogP contribution is 2.28. The third-order valence-electron chi connectivity index (χ3n) is 3.62. The smallest absolute Gasteiger partial charge is 0.0781 e. The summed E-state index contributed by atoms with van der Waals surface area (Å²) in [5, 5.41) is 14.5. The van der Waals surface area contributed by atoms with Gasteiger partial charge in [-0.25, -0.2) is 0 Å². The van der Waals surface area contributed by atoms with Crippen LogP contribution in [0, 0.1) is 6.92 Å². The van der Waals surface area contributed by atoms with Crippen molar-refractivity contribution in [1.82, 2.24) is 9.78 Å². The molecule has 0 amide bonds. The Morgan fingerprint density at radius 3 is 2.88 bits per heavy atom. The normalized spacial score (nSPS) is 26.7. The number of nitrogens with zero attached hydrogens (tertiary/aromatic N) is 2. The number of nitrogens with two attached hydrogens (primary N) is 1. The van der Waals surface area contributed by atoms with Crippen LogP contribution in [-0.4, -0.2) is 21.0 Å². The van der Waals surface area contributed by atoms with E-state index in [9.17, 15) is 5.11 Å². The van der Waals surface area contributed by atoms with Crippen LogP contribution in [0.3, 0.4) is 0 Å². The minimum atomic E-state index is -0.258. The van der Waals surface area contributed by atoms with Crippen LogP contribution in [0.1, 0.15) is 49.4 Å². The lowest BCUT2D eigenvalue weighted by molar-refractivity contribution is 0.0979. The quantitative estimate of drug-likeness (QED) is 0.747. The largest absolute Gasteiger partial charge is 0.391 e.